The van der Waals surface area contributed by atoms with E-state index in [2.05, 4.69) is 19.4 Å². The van der Waals surface area contributed by atoms with Gasteiger partial charge in [-0.3, -0.25) is 0 Å². The fourth-order valence-corrected chi connectivity index (χ4v) is 1.30. The minimum absolute atomic E-state index is 0.178. The highest BCUT2D eigenvalue weighted by molar-refractivity contribution is 6.66. The van der Waals surface area contributed by atoms with Crippen LogP contribution in [0.3, 0.4) is 0 Å². The molecule has 0 radical (unpaired) electrons. The van der Waals surface area contributed by atoms with Gasteiger partial charge in [-0.25, -0.2) is 19.6 Å². The lowest BCUT2D eigenvalue weighted by Crippen LogP contribution is -2.18. The standard InChI is InChI=1S/C9H7Cl3N2O4/c1-17-6(15)4-3-13-8(9(10,11)12)14-5(4)7(16)18-2/h3H,1-2H3. The molecule has 1 aromatic heterocycles. The average Bonchev–Trinajstić information content (AvgIpc) is 2.35. The monoisotopic (exact) mass is 312 g/mol. The van der Waals surface area contributed by atoms with Crippen molar-refractivity contribution in [2.24, 2.45) is 0 Å². The molecular formula is C9H7Cl3N2O4. The molecule has 0 spiro atoms. The molecule has 0 aliphatic rings. The van der Waals surface area contributed by atoms with Crippen LogP contribution in [-0.2, 0) is 13.3 Å². The minimum Gasteiger partial charge on any atom is -0.465 e. The van der Waals surface area contributed by atoms with Crippen molar-refractivity contribution in [1.29, 1.82) is 0 Å². The van der Waals surface area contributed by atoms with Crippen molar-refractivity contribution in [3.05, 3.63) is 23.3 Å². The van der Waals surface area contributed by atoms with Crippen LogP contribution in [0, 0.1) is 0 Å². The SMILES string of the molecule is COC(=O)c1cnc(C(Cl)(Cl)Cl)nc1C(=O)OC. The van der Waals surface area contributed by atoms with E-state index in [0.29, 0.717) is 0 Å². The van der Waals surface area contributed by atoms with Crippen LogP contribution in [0.5, 0.6) is 0 Å². The molecule has 0 saturated heterocycles. The topological polar surface area (TPSA) is 78.4 Å². The molecule has 9 heteroatoms. The van der Waals surface area contributed by atoms with Crippen molar-refractivity contribution in [2.75, 3.05) is 14.2 Å². The summed E-state index contributed by atoms with van der Waals surface area (Å²) < 4.78 is 7.03. The molecule has 1 aromatic rings. The lowest BCUT2D eigenvalue weighted by Gasteiger charge is -2.11. The number of methoxy groups -OCH3 is 2. The Kier molecular flexibility index (Phi) is 4.72. The Hall–Kier alpha value is -1.11. The Balaban J connectivity index is 3.39. The molecule has 1 heterocycles. The van der Waals surface area contributed by atoms with Gasteiger partial charge in [-0.1, -0.05) is 34.8 Å². The van der Waals surface area contributed by atoms with E-state index in [0.717, 1.165) is 20.4 Å². The normalized spacial score (nSPS) is 10.9. The third-order valence-corrected chi connectivity index (χ3v) is 2.33. The van der Waals surface area contributed by atoms with Gasteiger partial charge in [0.15, 0.2) is 11.5 Å². The molecule has 18 heavy (non-hydrogen) atoms. The molecule has 0 aromatic carbocycles. The summed E-state index contributed by atoms with van der Waals surface area (Å²) in [7, 11) is 2.27. The minimum atomic E-state index is -1.92. The summed E-state index contributed by atoms with van der Waals surface area (Å²) in [6.45, 7) is 0. The molecule has 0 bridgehead atoms. The van der Waals surface area contributed by atoms with Crippen LogP contribution >= 0.6 is 34.8 Å². The van der Waals surface area contributed by atoms with Gasteiger partial charge < -0.3 is 9.47 Å². The van der Waals surface area contributed by atoms with Crippen LogP contribution < -0.4 is 0 Å². The number of aromatic nitrogens is 2. The molecular weight excluding hydrogens is 306 g/mol. The van der Waals surface area contributed by atoms with E-state index in [9.17, 15) is 9.59 Å². The van der Waals surface area contributed by atoms with E-state index in [4.69, 9.17) is 34.8 Å². The lowest BCUT2D eigenvalue weighted by atomic mass is 10.2. The summed E-state index contributed by atoms with van der Waals surface area (Å²) in [5.41, 5.74) is -0.511. The quantitative estimate of drug-likeness (QED) is 0.613. The number of alkyl halides is 3. The van der Waals surface area contributed by atoms with Crippen molar-refractivity contribution < 1.29 is 19.1 Å². The summed E-state index contributed by atoms with van der Waals surface area (Å²) in [6.07, 6.45) is 1.03. The van der Waals surface area contributed by atoms with Gasteiger partial charge in [0.1, 0.15) is 5.56 Å². The van der Waals surface area contributed by atoms with Gasteiger partial charge in [-0.2, -0.15) is 0 Å². The maximum Gasteiger partial charge on any atom is 0.357 e. The summed E-state index contributed by atoms with van der Waals surface area (Å²) in [5, 5.41) is 0. The molecule has 0 saturated carbocycles. The number of nitrogens with zero attached hydrogens (tertiary/aromatic N) is 2. The Morgan fingerprint density at radius 2 is 1.72 bits per heavy atom. The van der Waals surface area contributed by atoms with E-state index in [-0.39, 0.29) is 17.1 Å². The first-order chi connectivity index (χ1) is 8.31. The second-order valence-electron chi connectivity index (χ2n) is 2.94. The third kappa shape index (κ3) is 3.22. The molecule has 6 nitrogen and oxygen atoms in total. The van der Waals surface area contributed by atoms with Crippen LogP contribution in [0.25, 0.3) is 0 Å². The first-order valence-corrected chi connectivity index (χ1v) is 5.55. The fourth-order valence-electron chi connectivity index (χ4n) is 1.03. The highest BCUT2D eigenvalue weighted by atomic mass is 35.6. The van der Waals surface area contributed by atoms with Crippen LogP contribution in [0.4, 0.5) is 0 Å². The second kappa shape index (κ2) is 5.69. The van der Waals surface area contributed by atoms with E-state index in [1.54, 1.807) is 0 Å². The van der Waals surface area contributed by atoms with Crippen LogP contribution in [0.2, 0.25) is 0 Å². The molecule has 0 unspecified atom stereocenters. The highest BCUT2D eigenvalue weighted by Gasteiger charge is 2.30. The highest BCUT2D eigenvalue weighted by Crippen LogP contribution is 2.35. The van der Waals surface area contributed by atoms with Crippen LogP contribution in [-0.4, -0.2) is 36.1 Å². The van der Waals surface area contributed by atoms with E-state index in [1.165, 1.54) is 0 Å². The van der Waals surface area contributed by atoms with Gasteiger partial charge in [0, 0.05) is 6.20 Å². The fraction of sp³-hybridized carbons (Fsp3) is 0.333. The third-order valence-electron chi connectivity index (χ3n) is 1.83. The number of ether oxygens (including phenoxy) is 2. The number of hydrogen-bond acceptors (Lipinski definition) is 6. The van der Waals surface area contributed by atoms with Crippen molar-refractivity contribution in [1.82, 2.24) is 9.97 Å². The van der Waals surface area contributed by atoms with Gasteiger partial charge in [0.2, 0.25) is 3.79 Å². The van der Waals surface area contributed by atoms with Gasteiger partial charge >= 0.3 is 11.9 Å². The molecule has 0 N–H and O–H groups in total. The molecule has 0 amide bonds. The maximum absolute atomic E-state index is 11.5. The van der Waals surface area contributed by atoms with Crippen molar-refractivity contribution in [2.45, 2.75) is 3.79 Å². The molecule has 0 aliphatic carbocycles. The largest absolute Gasteiger partial charge is 0.465 e. The van der Waals surface area contributed by atoms with Crippen LogP contribution in [0.1, 0.15) is 26.7 Å². The molecule has 1 rings (SSSR count). The number of rotatable bonds is 2. The van der Waals surface area contributed by atoms with E-state index < -0.39 is 15.7 Å². The lowest BCUT2D eigenvalue weighted by molar-refractivity contribution is 0.0548. The van der Waals surface area contributed by atoms with Crippen molar-refractivity contribution in [3.63, 3.8) is 0 Å². The van der Waals surface area contributed by atoms with Crippen LogP contribution in [0.15, 0.2) is 6.20 Å². The van der Waals surface area contributed by atoms with Crippen molar-refractivity contribution >= 4 is 46.7 Å². The number of carbonyl (C=O) groups excluding carboxylic acids is 2. The number of hydrogen-bond donors (Lipinski definition) is 0. The first-order valence-electron chi connectivity index (χ1n) is 4.42. The number of halogens is 3. The van der Waals surface area contributed by atoms with Crippen molar-refractivity contribution in [3.8, 4) is 0 Å². The Bertz CT molecular complexity index is 487. The Morgan fingerprint density at radius 1 is 1.17 bits per heavy atom. The average molecular weight is 314 g/mol. The number of esters is 2. The Labute approximate surface area is 117 Å². The zero-order valence-corrected chi connectivity index (χ0v) is 11.5. The Morgan fingerprint density at radius 3 is 2.17 bits per heavy atom. The summed E-state index contributed by atoms with van der Waals surface area (Å²) >= 11 is 16.7. The van der Waals surface area contributed by atoms with Gasteiger partial charge in [0.05, 0.1) is 14.2 Å². The zero-order valence-electron chi connectivity index (χ0n) is 9.24. The number of carbonyl (C=O) groups is 2. The molecule has 98 valence electrons. The predicted octanol–water partition coefficient (Wildman–Crippen LogP) is 1.88. The molecule has 0 aliphatic heterocycles. The molecule has 0 atom stereocenters. The van der Waals surface area contributed by atoms with Gasteiger partial charge in [-0.05, 0) is 0 Å². The smallest absolute Gasteiger partial charge is 0.357 e. The first kappa shape index (κ1) is 14.9. The van der Waals surface area contributed by atoms with E-state index >= 15 is 0 Å². The molecule has 0 fully saturated rings. The van der Waals surface area contributed by atoms with Gasteiger partial charge in [-0.15, -0.1) is 0 Å². The summed E-state index contributed by atoms with van der Waals surface area (Å²) in [6, 6.07) is 0. The van der Waals surface area contributed by atoms with E-state index in [1.807, 2.05) is 0 Å². The second-order valence-corrected chi connectivity index (χ2v) is 5.22. The summed E-state index contributed by atoms with van der Waals surface area (Å²) in [4.78, 5) is 30.3. The summed E-state index contributed by atoms with van der Waals surface area (Å²) in [5.74, 6) is -1.92. The predicted molar refractivity (Wildman–Crippen MR) is 63.9 cm³/mol. The zero-order chi connectivity index (χ0) is 13.9. The maximum atomic E-state index is 11.5. The van der Waals surface area contributed by atoms with Gasteiger partial charge in [0.25, 0.3) is 0 Å².